The van der Waals surface area contributed by atoms with Gasteiger partial charge in [0.2, 0.25) is 15.9 Å². The van der Waals surface area contributed by atoms with Gasteiger partial charge < -0.3 is 10.1 Å². The molecule has 0 aliphatic heterocycles. The maximum absolute atomic E-state index is 12.0. The van der Waals surface area contributed by atoms with E-state index < -0.39 is 16.0 Å². The third kappa shape index (κ3) is 8.05. The Morgan fingerprint density at radius 2 is 1.66 bits per heavy atom. The Labute approximate surface area is 171 Å². The van der Waals surface area contributed by atoms with Gasteiger partial charge in [0.05, 0.1) is 17.9 Å². The summed E-state index contributed by atoms with van der Waals surface area (Å²) < 4.78 is 31.7. The zero-order valence-corrected chi connectivity index (χ0v) is 17.2. The summed E-state index contributed by atoms with van der Waals surface area (Å²) >= 11 is 0. The summed E-state index contributed by atoms with van der Waals surface area (Å²) in [5.74, 6) is -0.774. The molecule has 0 spiro atoms. The van der Waals surface area contributed by atoms with Crippen molar-refractivity contribution in [3.05, 3.63) is 60.2 Å². The number of esters is 1. The van der Waals surface area contributed by atoms with E-state index in [0.29, 0.717) is 25.1 Å². The lowest BCUT2D eigenvalue weighted by Crippen LogP contribution is -2.24. The minimum Gasteiger partial charge on any atom is -0.465 e. The van der Waals surface area contributed by atoms with Crippen LogP contribution in [0.25, 0.3) is 0 Å². The van der Waals surface area contributed by atoms with Crippen LogP contribution in [0.2, 0.25) is 0 Å². The number of carbonyl (C=O) groups is 2. The molecule has 0 unspecified atom stereocenters. The molecule has 2 rings (SSSR count). The number of hydrogen-bond donors (Lipinski definition) is 2. The molecule has 0 aliphatic carbocycles. The van der Waals surface area contributed by atoms with Crippen LogP contribution in [0.5, 0.6) is 0 Å². The minimum absolute atomic E-state index is 0.0116. The van der Waals surface area contributed by atoms with Crippen molar-refractivity contribution in [1.82, 2.24) is 4.72 Å². The first-order chi connectivity index (χ1) is 13.9. The molecule has 0 saturated carbocycles. The van der Waals surface area contributed by atoms with E-state index in [4.69, 9.17) is 4.74 Å². The molecule has 156 valence electrons. The summed E-state index contributed by atoms with van der Waals surface area (Å²) in [6.07, 6.45) is 1.29. The molecule has 0 radical (unpaired) electrons. The lowest BCUT2D eigenvalue weighted by atomic mass is 10.2. The van der Waals surface area contributed by atoms with E-state index in [1.165, 1.54) is 24.3 Å². The van der Waals surface area contributed by atoms with Crippen molar-refractivity contribution in [2.24, 2.45) is 0 Å². The lowest BCUT2D eigenvalue weighted by molar-refractivity contribution is -0.144. The Balaban J connectivity index is 1.72. The first kappa shape index (κ1) is 22.6. The van der Waals surface area contributed by atoms with Crippen LogP contribution in [0.1, 0.15) is 31.7 Å². The van der Waals surface area contributed by atoms with E-state index in [9.17, 15) is 18.0 Å². The predicted octanol–water partition coefficient (Wildman–Crippen LogP) is 2.88. The van der Waals surface area contributed by atoms with Gasteiger partial charge in [-0.1, -0.05) is 37.3 Å². The van der Waals surface area contributed by atoms with Crippen molar-refractivity contribution in [2.75, 3.05) is 18.5 Å². The van der Waals surface area contributed by atoms with Gasteiger partial charge >= 0.3 is 5.97 Å². The highest BCUT2D eigenvalue weighted by molar-refractivity contribution is 7.89. The molecule has 2 aromatic rings. The lowest BCUT2D eigenvalue weighted by Gasteiger charge is -2.08. The molecule has 0 fully saturated rings. The second kappa shape index (κ2) is 11.3. The molecule has 0 heterocycles. The Morgan fingerprint density at radius 3 is 2.31 bits per heavy atom. The van der Waals surface area contributed by atoms with E-state index in [1.807, 2.05) is 37.3 Å². The van der Waals surface area contributed by atoms with E-state index in [0.717, 1.165) is 5.56 Å². The number of carbonyl (C=O) groups excluding carboxylic acids is 2. The first-order valence-corrected chi connectivity index (χ1v) is 11.0. The van der Waals surface area contributed by atoms with Crippen LogP contribution in [0, 0.1) is 0 Å². The maximum atomic E-state index is 12.0. The number of sulfonamides is 1. The van der Waals surface area contributed by atoms with E-state index >= 15 is 0 Å². The smallest absolute Gasteiger partial charge is 0.306 e. The molecular weight excluding hydrogens is 392 g/mol. The zero-order valence-electron chi connectivity index (χ0n) is 16.4. The van der Waals surface area contributed by atoms with Crippen LogP contribution in [0.15, 0.2) is 59.5 Å². The van der Waals surface area contributed by atoms with Crippen LogP contribution in [0.3, 0.4) is 0 Å². The average Bonchev–Trinajstić information content (AvgIpc) is 2.72. The Morgan fingerprint density at radius 1 is 0.966 bits per heavy atom. The van der Waals surface area contributed by atoms with E-state index in [-0.39, 0.29) is 30.3 Å². The number of rotatable bonds is 11. The molecule has 1 amide bonds. The Kier molecular flexibility index (Phi) is 8.82. The zero-order chi connectivity index (χ0) is 21.1. The summed E-state index contributed by atoms with van der Waals surface area (Å²) in [5.41, 5.74) is 1.54. The second-order valence-electron chi connectivity index (χ2n) is 6.43. The van der Waals surface area contributed by atoms with Gasteiger partial charge in [-0.15, -0.1) is 0 Å². The topological polar surface area (TPSA) is 102 Å². The normalized spacial score (nSPS) is 11.1. The SMILES string of the molecule is CCCNS(=O)(=O)c1ccc(NC(=O)CCC(=O)OCCc2ccccc2)cc1. The summed E-state index contributed by atoms with van der Waals surface area (Å²) in [6.45, 7) is 2.51. The summed E-state index contributed by atoms with van der Waals surface area (Å²) in [7, 11) is -3.54. The molecule has 2 N–H and O–H groups in total. The second-order valence-corrected chi connectivity index (χ2v) is 8.19. The third-order valence-corrected chi connectivity index (χ3v) is 5.52. The molecular formula is C21H26N2O5S. The standard InChI is InChI=1S/C21H26N2O5S/c1-2-15-22-29(26,27)19-10-8-18(9-11-19)23-20(24)12-13-21(25)28-16-14-17-6-4-3-5-7-17/h3-11,22H,2,12-16H2,1H3,(H,23,24). The van der Waals surface area contributed by atoms with Crippen molar-refractivity contribution in [1.29, 1.82) is 0 Å². The van der Waals surface area contributed by atoms with E-state index in [2.05, 4.69) is 10.0 Å². The van der Waals surface area contributed by atoms with Crippen molar-refractivity contribution in [3.63, 3.8) is 0 Å². The number of hydrogen-bond acceptors (Lipinski definition) is 5. The van der Waals surface area contributed by atoms with Gasteiger partial charge in [-0.25, -0.2) is 13.1 Å². The van der Waals surface area contributed by atoms with Crippen molar-refractivity contribution < 1.29 is 22.7 Å². The van der Waals surface area contributed by atoms with Crippen molar-refractivity contribution in [2.45, 2.75) is 37.5 Å². The Bertz CT molecular complexity index is 896. The van der Waals surface area contributed by atoms with Crippen LogP contribution < -0.4 is 10.0 Å². The fourth-order valence-corrected chi connectivity index (χ4v) is 3.61. The monoisotopic (exact) mass is 418 g/mol. The highest BCUT2D eigenvalue weighted by atomic mass is 32.2. The van der Waals surface area contributed by atoms with Crippen LogP contribution >= 0.6 is 0 Å². The largest absolute Gasteiger partial charge is 0.465 e. The number of benzene rings is 2. The number of amides is 1. The highest BCUT2D eigenvalue weighted by Crippen LogP contribution is 2.14. The van der Waals surface area contributed by atoms with Gasteiger partial charge in [-0.3, -0.25) is 9.59 Å². The van der Waals surface area contributed by atoms with Gasteiger partial charge in [0.1, 0.15) is 0 Å². The molecule has 2 aromatic carbocycles. The fourth-order valence-electron chi connectivity index (χ4n) is 2.48. The quantitative estimate of drug-likeness (QED) is 0.547. The molecule has 0 aromatic heterocycles. The summed E-state index contributed by atoms with van der Waals surface area (Å²) in [5, 5.41) is 2.64. The number of nitrogens with one attached hydrogen (secondary N) is 2. The van der Waals surface area contributed by atoms with Gasteiger partial charge in [-0.2, -0.15) is 0 Å². The summed E-state index contributed by atoms with van der Waals surface area (Å²) in [4.78, 5) is 23.9. The first-order valence-electron chi connectivity index (χ1n) is 9.50. The molecule has 0 aliphatic rings. The third-order valence-electron chi connectivity index (χ3n) is 4.04. The molecule has 29 heavy (non-hydrogen) atoms. The fraction of sp³-hybridized carbons (Fsp3) is 0.333. The van der Waals surface area contributed by atoms with Crippen molar-refractivity contribution >= 4 is 27.6 Å². The maximum Gasteiger partial charge on any atom is 0.306 e. The average molecular weight is 419 g/mol. The summed E-state index contributed by atoms with van der Waals surface area (Å²) in [6, 6.07) is 15.5. The van der Waals surface area contributed by atoms with Crippen LogP contribution in [0.4, 0.5) is 5.69 Å². The number of anilines is 1. The van der Waals surface area contributed by atoms with Crippen molar-refractivity contribution in [3.8, 4) is 0 Å². The molecule has 7 nitrogen and oxygen atoms in total. The minimum atomic E-state index is -3.54. The van der Waals surface area contributed by atoms with Gasteiger partial charge in [-0.05, 0) is 36.2 Å². The van der Waals surface area contributed by atoms with E-state index in [1.54, 1.807) is 0 Å². The molecule has 0 bridgehead atoms. The Hall–Kier alpha value is -2.71. The molecule has 0 atom stereocenters. The van der Waals surface area contributed by atoms with Gasteiger partial charge in [0.25, 0.3) is 0 Å². The highest BCUT2D eigenvalue weighted by Gasteiger charge is 2.13. The van der Waals surface area contributed by atoms with Gasteiger partial charge in [0.15, 0.2) is 0 Å². The van der Waals surface area contributed by atoms with Crippen LogP contribution in [-0.4, -0.2) is 33.4 Å². The van der Waals surface area contributed by atoms with Gasteiger partial charge in [0, 0.05) is 25.1 Å². The number of ether oxygens (including phenoxy) is 1. The van der Waals surface area contributed by atoms with Crippen LogP contribution in [-0.2, 0) is 30.8 Å². The molecule has 8 heteroatoms. The predicted molar refractivity (Wildman–Crippen MR) is 111 cm³/mol. The molecule has 0 saturated heterocycles.